The summed E-state index contributed by atoms with van der Waals surface area (Å²) in [4.78, 5) is 0. The first-order valence-corrected chi connectivity index (χ1v) is 0. The average molecular weight is 216 g/mol. The Morgan fingerprint density at radius 3 is 0.500 bits per heavy atom. The first-order valence-electron chi connectivity index (χ1n) is 0. The summed E-state index contributed by atoms with van der Waals surface area (Å²) in [5.41, 5.74) is 0. The molecule has 0 atom stereocenters. The van der Waals surface area contributed by atoms with E-state index in [1.165, 1.54) is 0 Å². The van der Waals surface area contributed by atoms with Crippen LogP contribution in [0.3, 0.4) is 0 Å². The molecule has 4 heteroatoms. The summed E-state index contributed by atoms with van der Waals surface area (Å²) in [6.07, 6.45) is 0. The van der Waals surface area contributed by atoms with Crippen molar-refractivity contribution in [2.45, 2.75) is 0 Å². The molecule has 4 heavy (non-hydrogen) atoms. The van der Waals surface area contributed by atoms with Crippen LogP contribution in [0.25, 0.3) is 0 Å². The zero-order chi connectivity index (χ0) is 0. The third kappa shape index (κ3) is 8.93. The van der Waals surface area contributed by atoms with Crippen molar-refractivity contribution in [2.75, 3.05) is 0 Å². The van der Waals surface area contributed by atoms with Crippen molar-refractivity contribution in [3.8, 4) is 0 Å². The normalized spacial score (nSPS) is 0. The van der Waals surface area contributed by atoms with E-state index in [0.29, 0.717) is 0 Å². The molecule has 0 aliphatic carbocycles. The Bertz CT molecular complexity index is 4.00. The van der Waals surface area contributed by atoms with Gasteiger partial charge in [0.15, 0.2) is 0 Å². The van der Waals surface area contributed by atoms with Crippen molar-refractivity contribution in [1.29, 1.82) is 0 Å². The molecule has 0 bridgehead atoms. The second-order valence-corrected chi connectivity index (χ2v) is 0. The minimum Gasteiger partial charge on any atom is 0 e. The molecule has 0 aromatic rings. The molecule has 28 valence electrons. The molecule has 0 radical (unpaired) electrons. The molecule has 0 aromatic heterocycles. The molecule has 0 aliphatic heterocycles. The van der Waals surface area contributed by atoms with Gasteiger partial charge in [-0.2, -0.15) is 0 Å². The van der Waals surface area contributed by atoms with Crippen LogP contribution in [0.5, 0.6) is 0 Å². The topological polar surface area (TPSA) is 0 Å². The maximum absolute atomic E-state index is 0. The van der Waals surface area contributed by atoms with Crippen LogP contribution in [0.2, 0.25) is 0 Å². The third-order valence-electron chi connectivity index (χ3n) is 0. The smallest absolute Gasteiger partial charge is 0 e. The number of rotatable bonds is 0. The third-order valence-corrected chi connectivity index (χ3v) is 0. The summed E-state index contributed by atoms with van der Waals surface area (Å²) >= 11 is 0. The minimum atomic E-state index is 0. The van der Waals surface area contributed by atoms with Gasteiger partial charge in [-0.05, 0) is 0 Å². The van der Waals surface area contributed by atoms with Crippen molar-refractivity contribution >= 4 is 0 Å². The van der Waals surface area contributed by atoms with Crippen molar-refractivity contribution in [3.63, 3.8) is 0 Å². The predicted octanol–water partition coefficient (Wildman–Crippen LogP) is -0.0100. The van der Waals surface area contributed by atoms with E-state index < -0.39 is 0 Å². The van der Waals surface area contributed by atoms with Crippen molar-refractivity contribution in [3.05, 3.63) is 0 Å². The molecule has 0 rings (SSSR count). The zero-order valence-electron chi connectivity index (χ0n) is 1.52. The molecular weight excluding hydrogens is 216 g/mol. The van der Waals surface area contributed by atoms with E-state index in [4.69, 9.17) is 0 Å². The Morgan fingerprint density at radius 1 is 0.500 bits per heavy atom. The molecule has 0 heterocycles. The summed E-state index contributed by atoms with van der Waals surface area (Å²) in [6, 6.07) is 0. The Morgan fingerprint density at radius 2 is 0.500 bits per heavy atom. The summed E-state index contributed by atoms with van der Waals surface area (Å²) in [6.45, 7) is 0. The van der Waals surface area contributed by atoms with Crippen molar-refractivity contribution in [1.82, 2.24) is 0 Å². The molecule has 0 amide bonds. The van der Waals surface area contributed by atoms with Crippen LogP contribution in [-0.4, -0.2) is 0 Å². The Kier molecular flexibility index (Phi) is 174. The van der Waals surface area contributed by atoms with Crippen LogP contribution >= 0.6 is 0 Å². The molecule has 0 nitrogen and oxygen atoms in total. The Hall–Kier alpha value is 2.10. The molecule has 0 aliphatic rings. The maximum atomic E-state index is 0. The molecular formula is Cr2Fe2. The van der Waals surface area contributed by atoms with Gasteiger partial charge in [0.05, 0.1) is 0 Å². The van der Waals surface area contributed by atoms with Crippen LogP contribution in [-0.2, 0) is 68.9 Å². The molecule has 0 unspecified atom stereocenters. The largest absolute Gasteiger partial charge is 0 e. The van der Waals surface area contributed by atoms with Gasteiger partial charge in [-0.1, -0.05) is 0 Å². The number of hydrogen-bond donors (Lipinski definition) is 0. The summed E-state index contributed by atoms with van der Waals surface area (Å²) in [7, 11) is 0. The van der Waals surface area contributed by atoms with Crippen LogP contribution in [0.4, 0.5) is 0 Å². The summed E-state index contributed by atoms with van der Waals surface area (Å²) in [5.74, 6) is 0. The average Bonchev–Trinajstić information content (AvgIpc) is 0. The summed E-state index contributed by atoms with van der Waals surface area (Å²) < 4.78 is 0. The van der Waals surface area contributed by atoms with Crippen LogP contribution in [0.1, 0.15) is 0 Å². The minimum absolute atomic E-state index is 0. The van der Waals surface area contributed by atoms with Crippen LogP contribution in [0, 0.1) is 0 Å². The molecule has 0 saturated heterocycles. The van der Waals surface area contributed by atoms with Gasteiger partial charge in [-0.15, -0.1) is 0 Å². The molecule has 0 fully saturated rings. The van der Waals surface area contributed by atoms with E-state index in [2.05, 4.69) is 0 Å². The van der Waals surface area contributed by atoms with E-state index in [1.807, 2.05) is 0 Å². The first-order chi connectivity index (χ1) is 0. The van der Waals surface area contributed by atoms with Crippen LogP contribution in [0.15, 0.2) is 0 Å². The van der Waals surface area contributed by atoms with Crippen LogP contribution < -0.4 is 0 Å². The van der Waals surface area contributed by atoms with E-state index >= 15 is 0 Å². The van der Waals surface area contributed by atoms with Gasteiger partial charge in [-0.3, -0.25) is 0 Å². The van der Waals surface area contributed by atoms with Crippen molar-refractivity contribution in [2.24, 2.45) is 0 Å². The fourth-order valence-corrected chi connectivity index (χ4v) is 0. The predicted molar refractivity (Wildman–Crippen MR) is 0 cm³/mol. The zero-order valence-corrected chi connectivity index (χ0v) is 6.28. The van der Waals surface area contributed by atoms with Gasteiger partial charge in [-0.25, -0.2) is 0 Å². The monoisotopic (exact) mass is 216 g/mol. The fourth-order valence-electron chi connectivity index (χ4n) is 0. The first kappa shape index (κ1) is 35.9. The van der Waals surface area contributed by atoms with E-state index in [0.717, 1.165) is 0 Å². The van der Waals surface area contributed by atoms with Gasteiger partial charge in [0.2, 0.25) is 0 Å². The van der Waals surface area contributed by atoms with Crippen molar-refractivity contribution < 1.29 is 68.9 Å². The van der Waals surface area contributed by atoms with Gasteiger partial charge in [0, 0.05) is 68.9 Å². The molecule has 0 N–H and O–H groups in total. The quantitative estimate of drug-likeness (QED) is 0.499. The Labute approximate surface area is 68.3 Å². The second kappa shape index (κ2) is 19.4. The summed E-state index contributed by atoms with van der Waals surface area (Å²) in [5, 5.41) is 0. The van der Waals surface area contributed by atoms with Gasteiger partial charge in [0.1, 0.15) is 0 Å². The molecule has 0 aromatic carbocycles. The fraction of sp³-hybridized carbons (Fsp3) is 0. The van der Waals surface area contributed by atoms with Gasteiger partial charge >= 0.3 is 0 Å². The molecule has 0 saturated carbocycles. The standard InChI is InChI=1S/2Cr.2Fe. The van der Waals surface area contributed by atoms with E-state index in [1.54, 1.807) is 0 Å². The van der Waals surface area contributed by atoms with E-state index in [-0.39, 0.29) is 68.9 Å². The maximum Gasteiger partial charge on any atom is 0 e. The molecule has 0 spiro atoms. The number of hydrogen-bond acceptors (Lipinski definition) is 0. The SMILES string of the molecule is [Cr].[Cr].[Fe].[Fe]. The Balaban J connectivity index is 0. The van der Waals surface area contributed by atoms with Gasteiger partial charge < -0.3 is 0 Å². The van der Waals surface area contributed by atoms with Gasteiger partial charge in [0.25, 0.3) is 0 Å². The van der Waals surface area contributed by atoms with E-state index in [9.17, 15) is 0 Å². The second-order valence-electron chi connectivity index (χ2n) is 0.